The van der Waals surface area contributed by atoms with Gasteiger partial charge in [-0.1, -0.05) is 36.4 Å². The molecule has 150 valence electrons. The first-order valence-electron chi connectivity index (χ1n) is 7.49. The van der Waals surface area contributed by atoms with Gasteiger partial charge in [0.15, 0.2) is 0 Å². The van der Waals surface area contributed by atoms with Gasteiger partial charge in [0.25, 0.3) is 5.91 Å². The molecule has 0 radical (unpaired) electrons. The summed E-state index contributed by atoms with van der Waals surface area (Å²) in [5.74, 6) is -1.34. The molecule has 1 amide bonds. The van der Waals surface area contributed by atoms with Gasteiger partial charge >= 0.3 is 11.0 Å². The largest absolute Gasteiger partial charge is 0.445 e. The van der Waals surface area contributed by atoms with Crippen molar-refractivity contribution in [3.8, 4) is 0 Å². The minimum Gasteiger partial charge on any atom is -0.269 e. The fourth-order valence-electron chi connectivity index (χ4n) is 2.40. The molecule has 2 aromatic carbocycles. The van der Waals surface area contributed by atoms with E-state index in [4.69, 9.17) is 0 Å². The maximum atomic E-state index is 13.3. The summed E-state index contributed by atoms with van der Waals surface area (Å²) in [6.07, 6.45) is 0. The molecule has 1 fully saturated rings. The first-order chi connectivity index (χ1) is 13.0. The number of para-hydroxylation sites is 2. The van der Waals surface area contributed by atoms with Crippen molar-refractivity contribution in [2.45, 2.75) is 15.2 Å². The third-order valence-electron chi connectivity index (χ3n) is 3.37. The van der Waals surface area contributed by atoms with Gasteiger partial charge in [-0.25, -0.2) is 4.31 Å². The summed E-state index contributed by atoms with van der Waals surface area (Å²) < 4.78 is 78.3. The van der Waals surface area contributed by atoms with Crippen molar-refractivity contribution in [1.29, 1.82) is 0 Å². The topological polar surface area (TPSA) is 23.6 Å². The predicted octanol–water partition coefficient (Wildman–Crippen LogP) is 6.26. The van der Waals surface area contributed by atoms with Gasteiger partial charge in [-0.3, -0.25) is 9.10 Å². The Hall–Kier alpha value is -1.66. The molecule has 1 heterocycles. The van der Waals surface area contributed by atoms with E-state index < -0.39 is 44.7 Å². The van der Waals surface area contributed by atoms with Crippen LogP contribution in [0.3, 0.4) is 0 Å². The standard InChI is InChI=1S/C16H10F6N2OS3/c17-15(18,19)26-14(27-16(20,21)22)13(25)23(11-7-3-1-4-8-11)28-24(14)12-9-5-2-6-10-12/h1-10H. The molecule has 0 spiro atoms. The van der Waals surface area contributed by atoms with Crippen LogP contribution in [0.5, 0.6) is 0 Å². The van der Waals surface area contributed by atoms with Crippen molar-refractivity contribution >= 4 is 52.9 Å². The lowest BCUT2D eigenvalue weighted by Gasteiger charge is -2.34. The summed E-state index contributed by atoms with van der Waals surface area (Å²) in [6, 6.07) is 14.7. The van der Waals surface area contributed by atoms with Crippen LogP contribution < -0.4 is 8.61 Å². The van der Waals surface area contributed by atoms with E-state index in [2.05, 4.69) is 0 Å². The minimum absolute atomic E-state index is 0.0350. The maximum Gasteiger partial charge on any atom is 0.445 e. The van der Waals surface area contributed by atoms with E-state index in [1.54, 1.807) is 12.1 Å². The molecule has 0 aromatic heterocycles. The first-order valence-corrected chi connectivity index (χ1v) is 9.85. The molecule has 12 heteroatoms. The number of thioether (sulfide) groups is 2. The van der Waals surface area contributed by atoms with Gasteiger partial charge in [0.2, 0.25) is 4.20 Å². The fraction of sp³-hybridized carbons (Fsp3) is 0.188. The Bertz CT molecular complexity index is 816. The number of amides is 1. The zero-order valence-electron chi connectivity index (χ0n) is 13.6. The van der Waals surface area contributed by atoms with Crippen LogP contribution in [0.1, 0.15) is 0 Å². The lowest BCUT2D eigenvalue weighted by atomic mass is 10.3. The second-order valence-electron chi connectivity index (χ2n) is 5.32. The van der Waals surface area contributed by atoms with Crippen molar-refractivity contribution in [3.63, 3.8) is 0 Å². The molecule has 0 unspecified atom stereocenters. The summed E-state index contributed by atoms with van der Waals surface area (Å²) in [5.41, 5.74) is -9.97. The van der Waals surface area contributed by atoms with Crippen LogP contribution in [0.2, 0.25) is 0 Å². The number of hydrogen-bond donors (Lipinski definition) is 0. The number of benzene rings is 2. The Morgan fingerprint density at radius 3 is 1.61 bits per heavy atom. The number of carbonyl (C=O) groups is 1. The van der Waals surface area contributed by atoms with Crippen LogP contribution >= 0.6 is 35.7 Å². The number of carbonyl (C=O) groups excluding carboxylic acids is 1. The van der Waals surface area contributed by atoms with Crippen LogP contribution in [0, 0.1) is 0 Å². The number of alkyl halides is 6. The molecule has 3 rings (SSSR count). The summed E-state index contributed by atoms with van der Waals surface area (Å²) in [4.78, 5) is 13.0. The highest BCUT2D eigenvalue weighted by atomic mass is 32.2. The number of rotatable bonds is 4. The molecule has 1 aliphatic heterocycles. The number of hydrogen-bond acceptors (Lipinski definition) is 5. The molecule has 28 heavy (non-hydrogen) atoms. The highest BCUT2D eigenvalue weighted by Crippen LogP contribution is 2.62. The average molecular weight is 456 g/mol. The maximum absolute atomic E-state index is 13.3. The van der Waals surface area contributed by atoms with E-state index in [0.717, 1.165) is 8.61 Å². The second-order valence-corrected chi connectivity index (χ2v) is 8.99. The van der Waals surface area contributed by atoms with E-state index in [1.807, 2.05) is 0 Å². The van der Waals surface area contributed by atoms with Gasteiger partial charge in [0.05, 0.1) is 23.5 Å². The lowest BCUT2D eigenvalue weighted by Crippen LogP contribution is -2.46. The molecule has 0 aliphatic carbocycles. The highest BCUT2D eigenvalue weighted by molar-refractivity contribution is 8.22. The third-order valence-corrected chi connectivity index (χ3v) is 7.02. The quantitative estimate of drug-likeness (QED) is 0.307. The molecule has 0 atom stereocenters. The van der Waals surface area contributed by atoms with Gasteiger partial charge in [-0.05, 0) is 24.3 Å². The van der Waals surface area contributed by atoms with Crippen LogP contribution in [0.15, 0.2) is 60.7 Å². The van der Waals surface area contributed by atoms with Gasteiger partial charge in [0.1, 0.15) is 0 Å². The predicted molar refractivity (Wildman–Crippen MR) is 100 cm³/mol. The van der Waals surface area contributed by atoms with Crippen LogP contribution in [0.25, 0.3) is 0 Å². The Morgan fingerprint density at radius 2 is 1.18 bits per heavy atom. The van der Waals surface area contributed by atoms with Gasteiger partial charge in [-0.2, -0.15) is 26.3 Å². The van der Waals surface area contributed by atoms with Crippen LogP contribution in [0.4, 0.5) is 37.7 Å². The van der Waals surface area contributed by atoms with E-state index in [9.17, 15) is 31.1 Å². The van der Waals surface area contributed by atoms with Crippen molar-refractivity contribution in [2.24, 2.45) is 0 Å². The van der Waals surface area contributed by atoms with E-state index >= 15 is 0 Å². The van der Waals surface area contributed by atoms with E-state index in [1.165, 1.54) is 48.5 Å². The lowest BCUT2D eigenvalue weighted by molar-refractivity contribution is -0.117. The number of anilines is 2. The minimum atomic E-state index is -5.09. The normalized spacial score (nSPS) is 17.3. The molecular weight excluding hydrogens is 446 g/mol. The number of halogens is 6. The monoisotopic (exact) mass is 456 g/mol. The molecular formula is C16H10F6N2OS3. The first kappa shape index (κ1) is 21.1. The summed E-state index contributed by atoms with van der Waals surface area (Å²) in [5, 5.41) is 0. The molecule has 1 aliphatic rings. The summed E-state index contributed by atoms with van der Waals surface area (Å²) >= 11 is -1.50. The zero-order valence-corrected chi connectivity index (χ0v) is 16.0. The van der Waals surface area contributed by atoms with Gasteiger partial charge in [0, 0.05) is 23.5 Å². The zero-order chi connectivity index (χ0) is 20.6. The van der Waals surface area contributed by atoms with Crippen molar-refractivity contribution in [2.75, 3.05) is 8.61 Å². The Balaban J connectivity index is 2.16. The molecule has 2 aromatic rings. The average Bonchev–Trinajstić information content (AvgIpc) is 2.86. The smallest absolute Gasteiger partial charge is 0.269 e. The SMILES string of the molecule is O=C1N(c2ccccc2)SN(c2ccccc2)C1(SC(F)(F)F)SC(F)(F)F. The number of nitrogens with zero attached hydrogens (tertiary/aromatic N) is 2. The van der Waals surface area contributed by atoms with Gasteiger partial charge < -0.3 is 0 Å². The summed E-state index contributed by atoms with van der Waals surface area (Å²) in [6.45, 7) is 0. The highest BCUT2D eigenvalue weighted by Gasteiger charge is 2.65. The van der Waals surface area contributed by atoms with Gasteiger partial charge in [-0.15, -0.1) is 0 Å². The van der Waals surface area contributed by atoms with E-state index in [-0.39, 0.29) is 11.4 Å². The molecule has 0 bridgehead atoms. The van der Waals surface area contributed by atoms with Crippen LogP contribution in [-0.2, 0) is 4.79 Å². The van der Waals surface area contributed by atoms with Crippen molar-refractivity contribution in [3.05, 3.63) is 60.7 Å². The Morgan fingerprint density at radius 1 is 0.750 bits per heavy atom. The Labute approximate surface area is 168 Å². The second kappa shape index (κ2) is 7.64. The molecule has 0 saturated carbocycles. The van der Waals surface area contributed by atoms with Crippen LogP contribution in [-0.4, -0.2) is 21.1 Å². The molecule has 0 N–H and O–H groups in total. The Kier molecular flexibility index (Phi) is 5.74. The summed E-state index contributed by atoms with van der Waals surface area (Å²) in [7, 11) is 0. The molecule has 3 nitrogen and oxygen atoms in total. The van der Waals surface area contributed by atoms with E-state index in [0.29, 0.717) is 12.1 Å². The molecule has 1 saturated heterocycles. The van der Waals surface area contributed by atoms with Crippen molar-refractivity contribution < 1.29 is 31.1 Å². The van der Waals surface area contributed by atoms with Crippen molar-refractivity contribution in [1.82, 2.24) is 0 Å². The third kappa shape index (κ3) is 4.49. The fourth-order valence-corrected chi connectivity index (χ4v) is 6.02.